The van der Waals surface area contributed by atoms with Crippen LogP contribution in [0.2, 0.25) is 0 Å². The first kappa shape index (κ1) is 13.4. The van der Waals surface area contributed by atoms with E-state index in [-0.39, 0.29) is 11.8 Å². The number of aryl methyl sites for hydroxylation is 1. The van der Waals surface area contributed by atoms with E-state index < -0.39 is 0 Å². The van der Waals surface area contributed by atoms with Gasteiger partial charge in [0, 0.05) is 11.3 Å². The van der Waals surface area contributed by atoms with E-state index in [0.717, 1.165) is 16.7 Å². The van der Waals surface area contributed by atoms with Crippen LogP contribution in [0.15, 0.2) is 40.9 Å². The highest BCUT2D eigenvalue weighted by molar-refractivity contribution is 5.77. The van der Waals surface area contributed by atoms with E-state index in [2.05, 4.69) is 30.5 Å². The Labute approximate surface area is 129 Å². The molecule has 3 heterocycles. The molecule has 0 aliphatic carbocycles. The highest BCUT2D eigenvalue weighted by atomic mass is 19.1. The van der Waals surface area contributed by atoms with Gasteiger partial charge in [0.05, 0.1) is 17.2 Å². The molecule has 0 bridgehead atoms. The third-order valence-corrected chi connectivity index (χ3v) is 3.25. The van der Waals surface area contributed by atoms with Gasteiger partial charge in [-0.25, -0.2) is 9.37 Å². The van der Waals surface area contributed by atoms with Crippen molar-refractivity contribution in [2.24, 2.45) is 0 Å². The van der Waals surface area contributed by atoms with Crippen molar-refractivity contribution < 1.29 is 8.81 Å². The predicted molar refractivity (Wildman–Crippen MR) is 81.6 cm³/mol. The zero-order chi connectivity index (χ0) is 15.8. The Bertz CT molecular complexity index is 975. The van der Waals surface area contributed by atoms with E-state index >= 15 is 0 Å². The lowest BCUT2D eigenvalue weighted by molar-refractivity contribution is 0.586. The summed E-state index contributed by atoms with van der Waals surface area (Å²) in [5.41, 5.74) is 3.11. The van der Waals surface area contributed by atoms with Gasteiger partial charge in [-0.05, 0) is 37.3 Å². The molecule has 0 aliphatic rings. The number of imidazole rings is 1. The zero-order valence-corrected chi connectivity index (χ0v) is 12.0. The Balaban J connectivity index is 1.60. The molecule has 4 rings (SSSR count). The van der Waals surface area contributed by atoms with E-state index in [4.69, 9.17) is 4.42 Å². The van der Waals surface area contributed by atoms with Crippen LogP contribution in [0, 0.1) is 12.7 Å². The van der Waals surface area contributed by atoms with Crippen LogP contribution in [0.1, 0.15) is 5.69 Å². The minimum atomic E-state index is -0.321. The molecular formula is C15H11FN6O. The summed E-state index contributed by atoms with van der Waals surface area (Å²) in [6, 6.07) is 7.87. The number of pyridine rings is 1. The van der Waals surface area contributed by atoms with Gasteiger partial charge >= 0.3 is 6.01 Å². The van der Waals surface area contributed by atoms with Crippen molar-refractivity contribution in [2.75, 3.05) is 5.32 Å². The Morgan fingerprint density at radius 1 is 1.17 bits per heavy atom. The summed E-state index contributed by atoms with van der Waals surface area (Å²) in [6.45, 7) is 1.90. The van der Waals surface area contributed by atoms with Gasteiger partial charge in [0.15, 0.2) is 0 Å². The van der Waals surface area contributed by atoms with Crippen LogP contribution in [0.4, 0.5) is 16.4 Å². The number of rotatable bonds is 3. The molecule has 7 nitrogen and oxygen atoms in total. The second-order valence-electron chi connectivity index (χ2n) is 4.97. The summed E-state index contributed by atoms with van der Waals surface area (Å²) in [5, 5.41) is 10.7. The molecule has 0 aliphatic heterocycles. The lowest BCUT2D eigenvalue weighted by Crippen LogP contribution is -1.91. The van der Waals surface area contributed by atoms with Gasteiger partial charge in [0.25, 0.3) is 0 Å². The third-order valence-electron chi connectivity index (χ3n) is 3.25. The van der Waals surface area contributed by atoms with Crippen molar-refractivity contribution in [1.82, 2.24) is 25.1 Å². The van der Waals surface area contributed by atoms with Gasteiger partial charge in [-0.1, -0.05) is 5.10 Å². The maximum absolute atomic E-state index is 12.9. The topological polar surface area (TPSA) is 92.5 Å². The fraction of sp³-hybridized carbons (Fsp3) is 0.0667. The number of fused-ring (bicyclic) bond motifs is 1. The number of anilines is 2. The van der Waals surface area contributed by atoms with Gasteiger partial charge in [-0.2, -0.15) is 0 Å². The maximum Gasteiger partial charge on any atom is 0.322 e. The molecule has 0 unspecified atom stereocenters. The smallest absolute Gasteiger partial charge is 0.322 e. The fourth-order valence-corrected chi connectivity index (χ4v) is 2.15. The molecule has 1 aromatic carbocycles. The van der Waals surface area contributed by atoms with Crippen LogP contribution in [0.25, 0.3) is 22.5 Å². The molecule has 8 heteroatoms. The van der Waals surface area contributed by atoms with Crippen LogP contribution in [-0.4, -0.2) is 25.1 Å². The minimum absolute atomic E-state index is 0.188. The molecule has 3 aromatic heterocycles. The molecule has 0 saturated heterocycles. The first-order valence-corrected chi connectivity index (χ1v) is 6.86. The minimum Gasteiger partial charge on any atom is -0.403 e. The molecule has 0 atom stereocenters. The summed E-state index contributed by atoms with van der Waals surface area (Å²) < 4.78 is 18.4. The van der Waals surface area contributed by atoms with Gasteiger partial charge in [0.2, 0.25) is 11.8 Å². The monoisotopic (exact) mass is 310 g/mol. The normalized spacial score (nSPS) is 11.0. The number of benzene rings is 1. The van der Waals surface area contributed by atoms with Gasteiger partial charge in [-0.3, -0.25) is 10.3 Å². The molecule has 4 aromatic rings. The average Bonchev–Trinajstić information content (AvgIpc) is 3.14. The molecule has 0 radical (unpaired) electrons. The summed E-state index contributed by atoms with van der Waals surface area (Å²) >= 11 is 0. The Morgan fingerprint density at radius 3 is 2.83 bits per heavy atom. The van der Waals surface area contributed by atoms with Gasteiger partial charge in [-0.15, -0.1) is 5.10 Å². The quantitative estimate of drug-likeness (QED) is 0.603. The predicted octanol–water partition coefficient (Wildman–Crippen LogP) is 3.20. The number of nitrogens with zero attached hydrogens (tertiary/aromatic N) is 4. The molecule has 0 saturated carbocycles. The lowest BCUT2D eigenvalue weighted by atomic mass is 10.2. The maximum atomic E-state index is 12.9. The zero-order valence-electron chi connectivity index (χ0n) is 12.0. The van der Waals surface area contributed by atoms with Crippen molar-refractivity contribution in [3.05, 3.63) is 48.0 Å². The summed E-state index contributed by atoms with van der Waals surface area (Å²) in [7, 11) is 0. The average molecular weight is 310 g/mol. The molecule has 0 spiro atoms. The van der Waals surface area contributed by atoms with Gasteiger partial charge in [0.1, 0.15) is 5.82 Å². The molecule has 2 N–H and O–H groups in total. The van der Waals surface area contributed by atoms with Crippen molar-refractivity contribution >= 4 is 23.0 Å². The molecule has 0 fully saturated rings. The third kappa shape index (κ3) is 2.61. The Hall–Kier alpha value is -3.29. The second kappa shape index (κ2) is 5.16. The highest BCUT2D eigenvalue weighted by Gasteiger charge is 2.11. The van der Waals surface area contributed by atoms with Crippen LogP contribution >= 0.6 is 0 Å². The SMILES string of the molecule is Cc1cc2nc(Nc3nnc(-c4ccc(F)cc4)o3)[nH]c2cn1. The van der Waals surface area contributed by atoms with Crippen LogP contribution < -0.4 is 5.32 Å². The van der Waals surface area contributed by atoms with Crippen LogP contribution in [0.5, 0.6) is 0 Å². The number of aromatic amines is 1. The number of aromatic nitrogens is 5. The highest BCUT2D eigenvalue weighted by Crippen LogP contribution is 2.22. The molecular weight excluding hydrogens is 299 g/mol. The van der Waals surface area contributed by atoms with Crippen molar-refractivity contribution in [2.45, 2.75) is 6.92 Å². The lowest BCUT2D eigenvalue weighted by Gasteiger charge is -1.95. The molecule has 23 heavy (non-hydrogen) atoms. The largest absolute Gasteiger partial charge is 0.403 e. The molecule has 114 valence electrons. The Morgan fingerprint density at radius 2 is 2.00 bits per heavy atom. The number of hydrogen-bond acceptors (Lipinski definition) is 6. The number of nitrogens with one attached hydrogen (secondary N) is 2. The Kier molecular flexibility index (Phi) is 3.00. The van der Waals surface area contributed by atoms with E-state index in [0.29, 0.717) is 17.4 Å². The van der Waals surface area contributed by atoms with E-state index in [1.165, 1.54) is 12.1 Å². The first-order valence-electron chi connectivity index (χ1n) is 6.86. The standard InChI is InChI=1S/C15H11FN6O/c1-8-6-11-12(7-17-8)19-14(18-11)20-15-22-21-13(23-15)9-2-4-10(16)5-3-9/h2-7H,1H3,(H2,18,19,20,22). The summed E-state index contributed by atoms with van der Waals surface area (Å²) in [5.74, 6) is 0.445. The van der Waals surface area contributed by atoms with Crippen LogP contribution in [-0.2, 0) is 0 Å². The summed E-state index contributed by atoms with van der Waals surface area (Å²) in [6.07, 6.45) is 1.71. The van der Waals surface area contributed by atoms with Crippen molar-refractivity contribution in [3.63, 3.8) is 0 Å². The van der Waals surface area contributed by atoms with Crippen molar-refractivity contribution in [1.29, 1.82) is 0 Å². The van der Waals surface area contributed by atoms with Crippen LogP contribution in [0.3, 0.4) is 0 Å². The van der Waals surface area contributed by atoms with Crippen molar-refractivity contribution in [3.8, 4) is 11.5 Å². The first-order chi connectivity index (χ1) is 11.2. The number of hydrogen-bond donors (Lipinski definition) is 2. The molecule has 0 amide bonds. The van der Waals surface area contributed by atoms with E-state index in [9.17, 15) is 4.39 Å². The van der Waals surface area contributed by atoms with E-state index in [1.54, 1.807) is 18.3 Å². The number of H-pyrrole nitrogens is 1. The summed E-state index contributed by atoms with van der Waals surface area (Å²) in [4.78, 5) is 11.6. The number of halogens is 1. The van der Waals surface area contributed by atoms with E-state index in [1.807, 2.05) is 13.0 Å². The fourth-order valence-electron chi connectivity index (χ4n) is 2.15. The second-order valence-corrected chi connectivity index (χ2v) is 4.97. The van der Waals surface area contributed by atoms with Gasteiger partial charge < -0.3 is 9.40 Å².